The van der Waals surface area contributed by atoms with Gasteiger partial charge in [-0.05, 0) is 74.8 Å². The third-order valence-electron chi connectivity index (χ3n) is 6.81. The Kier molecular flexibility index (Phi) is 6.12. The molecule has 2 heterocycles. The molecule has 0 atom stereocenters. The van der Waals surface area contributed by atoms with Crippen molar-refractivity contribution in [2.45, 2.75) is 44.6 Å². The van der Waals surface area contributed by atoms with Crippen LogP contribution in [0.5, 0.6) is 11.5 Å². The summed E-state index contributed by atoms with van der Waals surface area (Å²) in [6.07, 6.45) is 6.96. The highest BCUT2D eigenvalue weighted by molar-refractivity contribution is 5.95. The number of amides is 1. The molecule has 1 saturated heterocycles. The molecule has 1 aliphatic carbocycles. The van der Waals surface area contributed by atoms with Crippen molar-refractivity contribution in [3.8, 4) is 11.5 Å². The summed E-state index contributed by atoms with van der Waals surface area (Å²) in [7, 11) is 0. The van der Waals surface area contributed by atoms with Crippen molar-refractivity contribution in [2.75, 3.05) is 33.0 Å². The number of fused-ring (bicyclic) bond motifs is 1. The molecular formula is C26H32N2O3. The van der Waals surface area contributed by atoms with Crippen LogP contribution in [0.2, 0.25) is 0 Å². The zero-order valence-electron chi connectivity index (χ0n) is 18.2. The number of rotatable bonds is 8. The van der Waals surface area contributed by atoms with Gasteiger partial charge in [0.1, 0.15) is 0 Å². The number of carbonyl (C=O) groups excluding carboxylic acids is 1. The van der Waals surface area contributed by atoms with Crippen LogP contribution in [0.15, 0.2) is 48.5 Å². The highest BCUT2D eigenvalue weighted by Gasteiger charge is 2.34. The van der Waals surface area contributed by atoms with Crippen LogP contribution in [0.3, 0.4) is 0 Å². The summed E-state index contributed by atoms with van der Waals surface area (Å²) in [5.41, 5.74) is 2.14. The Balaban J connectivity index is 1.17. The number of carbonyl (C=O) groups is 1. The molecule has 2 aromatic rings. The number of hydrogen-bond acceptors (Lipinski definition) is 4. The van der Waals surface area contributed by atoms with Crippen molar-refractivity contribution in [1.29, 1.82) is 0 Å². The molecule has 1 saturated carbocycles. The first-order valence-electron chi connectivity index (χ1n) is 11.7. The van der Waals surface area contributed by atoms with Gasteiger partial charge in [-0.3, -0.25) is 4.79 Å². The summed E-state index contributed by atoms with van der Waals surface area (Å²) in [5, 5.41) is 0. The average Bonchev–Trinajstić information content (AvgIpc) is 3.52. The number of nitrogens with zero attached hydrogens (tertiary/aromatic N) is 2. The standard InChI is InChI=1S/C26H32N2O3/c29-26(22-10-11-24-25(17-22)31-19-30-24)28(18-21-8-9-21)23-12-15-27(16-13-23)14-4-7-20-5-2-1-3-6-20/h1-3,5-6,10-11,17,21,23H,4,7-9,12-16,18-19H2. The fourth-order valence-electron chi connectivity index (χ4n) is 4.78. The second-order valence-electron chi connectivity index (χ2n) is 9.13. The predicted octanol–water partition coefficient (Wildman–Crippen LogP) is 4.36. The van der Waals surface area contributed by atoms with Crippen LogP contribution < -0.4 is 9.47 Å². The van der Waals surface area contributed by atoms with Crippen LogP contribution in [0.4, 0.5) is 0 Å². The molecule has 0 radical (unpaired) electrons. The molecule has 31 heavy (non-hydrogen) atoms. The Morgan fingerprint density at radius 2 is 1.74 bits per heavy atom. The molecule has 0 N–H and O–H groups in total. The van der Waals surface area contributed by atoms with E-state index in [1.807, 2.05) is 18.2 Å². The predicted molar refractivity (Wildman–Crippen MR) is 121 cm³/mol. The van der Waals surface area contributed by atoms with Gasteiger partial charge in [0.25, 0.3) is 5.91 Å². The number of ether oxygens (including phenoxy) is 2. The van der Waals surface area contributed by atoms with Crippen LogP contribution in [-0.2, 0) is 6.42 Å². The van der Waals surface area contributed by atoms with Gasteiger partial charge in [-0.25, -0.2) is 0 Å². The first-order valence-corrected chi connectivity index (χ1v) is 11.7. The van der Waals surface area contributed by atoms with E-state index >= 15 is 0 Å². The number of benzene rings is 2. The molecule has 0 aromatic heterocycles. The number of aryl methyl sites for hydroxylation is 1. The maximum absolute atomic E-state index is 13.4. The summed E-state index contributed by atoms with van der Waals surface area (Å²) in [4.78, 5) is 18.2. The van der Waals surface area contributed by atoms with Crippen molar-refractivity contribution in [1.82, 2.24) is 9.80 Å². The zero-order valence-corrected chi connectivity index (χ0v) is 18.2. The molecule has 3 aliphatic rings. The number of likely N-dealkylation sites (tertiary alicyclic amines) is 1. The molecule has 2 aromatic carbocycles. The van der Waals surface area contributed by atoms with Crippen LogP contribution in [-0.4, -0.2) is 54.7 Å². The van der Waals surface area contributed by atoms with E-state index in [1.165, 1.54) is 24.8 Å². The lowest BCUT2D eigenvalue weighted by Gasteiger charge is -2.39. The first-order chi connectivity index (χ1) is 15.3. The fraction of sp³-hybridized carbons (Fsp3) is 0.500. The van der Waals surface area contributed by atoms with E-state index in [-0.39, 0.29) is 12.7 Å². The molecule has 0 unspecified atom stereocenters. The molecule has 2 aliphatic heterocycles. The van der Waals surface area contributed by atoms with Crippen LogP contribution in [0.1, 0.15) is 48.0 Å². The summed E-state index contributed by atoms with van der Waals surface area (Å²) in [6, 6.07) is 16.7. The molecule has 0 spiro atoms. The number of hydrogen-bond donors (Lipinski definition) is 0. The fourth-order valence-corrected chi connectivity index (χ4v) is 4.78. The van der Waals surface area contributed by atoms with Gasteiger partial charge >= 0.3 is 0 Å². The molecule has 164 valence electrons. The van der Waals surface area contributed by atoms with E-state index in [0.717, 1.165) is 56.8 Å². The molecule has 1 amide bonds. The summed E-state index contributed by atoms with van der Waals surface area (Å²) < 4.78 is 10.9. The van der Waals surface area contributed by atoms with E-state index < -0.39 is 0 Å². The second kappa shape index (κ2) is 9.31. The Labute approximate surface area is 184 Å². The van der Waals surface area contributed by atoms with Crippen molar-refractivity contribution in [3.63, 3.8) is 0 Å². The highest BCUT2D eigenvalue weighted by atomic mass is 16.7. The Bertz CT molecular complexity index is 889. The summed E-state index contributed by atoms with van der Waals surface area (Å²) in [5.74, 6) is 2.24. The van der Waals surface area contributed by atoms with E-state index in [2.05, 4.69) is 40.1 Å². The molecule has 5 heteroatoms. The van der Waals surface area contributed by atoms with Gasteiger partial charge in [0.2, 0.25) is 6.79 Å². The minimum atomic E-state index is 0.146. The van der Waals surface area contributed by atoms with Gasteiger partial charge in [0, 0.05) is 31.2 Å². The highest BCUT2D eigenvalue weighted by Crippen LogP contribution is 2.35. The zero-order chi connectivity index (χ0) is 21.0. The molecule has 2 fully saturated rings. The second-order valence-corrected chi connectivity index (χ2v) is 9.13. The average molecular weight is 421 g/mol. The van der Waals surface area contributed by atoms with Gasteiger partial charge in [0.15, 0.2) is 11.5 Å². The van der Waals surface area contributed by atoms with Crippen molar-refractivity contribution in [3.05, 3.63) is 59.7 Å². The lowest BCUT2D eigenvalue weighted by Crippen LogP contribution is -2.48. The molecule has 5 rings (SSSR count). The lowest BCUT2D eigenvalue weighted by molar-refractivity contribution is 0.0557. The SMILES string of the molecule is O=C(c1ccc2c(c1)OCO2)N(CC1CC1)C1CCN(CCCc2ccccc2)CC1. The third-order valence-corrected chi connectivity index (χ3v) is 6.81. The van der Waals surface area contributed by atoms with E-state index in [9.17, 15) is 4.79 Å². The van der Waals surface area contributed by atoms with Crippen LogP contribution in [0, 0.1) is 5.92 Å². The molecular weight excluding hydrogens is 388 g/mol. The van der Waals surface area contributed by atoms with Crippen LogP contribution >= 0.6 is 0 Å². The van der Waals surface area contributed by atoms with Gasteiger partial charge in [-0.2, -0.15) is 0 Å². The van der Waals surface area contributed by atoms with Crippen molar-refractivity contribution in [2.24, 2.45) is 5.92 Å². The maximum atomic E-state index is 13.4. The Hall–Kier alpha value is -2.53. The minimum Gasteiger partial charge on any atom is -0.454 e. The van der Waals surface area contributed by atoms with E-state index in [0.29, 0.717) is 17.7 Å². The van der Waals surface area contributed by atoms with E-state index in [4.69, 9.17) is 9.47 Å². The molecule has 0 bridgehead atoms. The van der Waals surface area contributed by atoms with Crippen molar-refractivity contribution >= 4 is 5.91 Å². The number of piperidine rings is 1. The van der Waals surface area contributed by atoms with Crippen molar-refractivity contribution < 1.29 is 14.3 Å². The maximum Gasteiger partial charge on any atom is 0.254 e. The first kappa shape index (κ1) is 20.4. The monoisotopic (exact) mass is 420 g/mol. The molecule has 5 nitrogen and oxygen atoms in total. The topological polar surface area (TPSA) is 42.0 Å². The van der Waals surface area contributed by atoms with Gasteiger partial charge in [0.05, 0.1) is 0 Å². The van der Waals surface area contributed by atoms with E-state index in [1.54, 1.807) is 0 Å². The van der Waals surface area contributed by atoms with Gasteiger partial charge in [-0.1, -0.05) is 30.3 Å². The third kappa shape index (κ3) is 5.04. The smallest absolute Gasteiger partial charge is 0.254 e. The van der Waals surface area contributed by atoms with Gasteiger partial charge < -0.3 is 19.3 Å². The normalized spacial score (nSPS) is 18.8. The van der Waals surface area contributed by atoms with Gasteiger partial charge in [-0.15, -0.1) is 0 Å². The summed E-state index contributed by atoms with van der Waals surface area (Å²) in [6.45, 7) is 4.43. The Morgan fingerprint density at radius 3 is 2.52 bits per heavy atom. The van der Waals surface area contributed by atoms with Crippen LogP contribution in [0.25, 0.3) is 0 Å². The lowest BCUT2D eigenvalue weighted by atomic mass is 10.0. The minimum absolute atomic E-state index is 0.146. The Morgan fingerprint density at radius 1 is 0.968 bits per heavy atom. The quantitative estimate of drug-likeness (QED) is 0.636. The largest absolute Gasteiger partial charge is 0.454 e. The summed E-state index contributed by atoms with van der Waals surface area (Å²) >= 11 is 0.